The smallest absolute Gasteiger partial charge is 0.316 e. The van der Waals surface area contributed by atoms with Crippen LogP contribution < -0.4 is 5.32 Å². The first-order valence-corrected chi connectivity index (χ1v) is 5.37. The number of nitrogens with one attached hydrogen (secondary N) is 1. The molecule has 0 radical (unpaired) electrons. The molecule has 18 heavy (non-hydrogen) atoms. The van der Waals surface area contributed by atoms with Gasteiger partial charge in [-0.15, -0.1) is 0 Å². The normalized spacial score (nSPS) is 11.2. The van der Waals surface area contributed by atoms with Gasteiger partial charge in [0.05, 0.1) is 6.20 Å². The van der Waals surface area contributed by atoms with Gasteiger partial charge in [0, 0.05) is 23.9 Å². The Hall–Kier alpha value is -1.82. The van der Waals surface area contributed by atoms with Crippen LogP contribution in [0.25, 0.3) is 11.1 Å². The molecule has 1 aromatic heterocycles. The molecule has 2 rings (SSSR count). The molecule has 0 saturated carbocycles. The van der Waals surface area contributed by atoms with Gasteiger partial charge in [-0.2, -0.15) is 13.9 Å². The van der Waals surface area contributed by atoms with E-state index in [1.807, 2.05) is 0 Å². The Morgan fingerprint density at radius 3 is 2.78 bits per heavy atom. The molecule has 0 aliphatic carbocycles. The first-order chi connectivity index (χ1) is 8.61. The van der Waals surface area contributed by atoms with Gasteiger partial charge in [0.2, 0.25) is 0 Å². The van der Waals surface area contributed by atoms with Crippen molar-refractivity contribution in [1.29, 1.82) is 0 Å². The lowest BCUT2D eigenvalue weighted by molar-refractivity contribution is 0.0566. The fraction of sp³-hybridized carbons (Fsp3) is 0.250. The summed E-state index contributed by atoms with van der Waals surface area (Å²) in [5.41, 5.74) is 1.49. The number of alkyl halides is 2. The number of aromatic nitrogens is 2. The fourth-order valence-corrected chi connectivity index (χ4v) is 1.69. The molecule has 96 valence electrons. The molecule has 1 heterocycles. The summed E-state index contributed by atoms with van der Waals surface area (Å²) < 4.78 is 38.9. The first-order valence-electron chi connectivity index (χ1n) is 5.37. The topological polar surface area (TPSA) is 29.9 Å². The molecular formula is C12H12F3N3. The molecule has 0 saturated heterocycles. The van der Waals surface area contributed by atoms with Gasteiger partial charge >= 0.3 is 6.55 Å². The van der Waals surface area contributed by atoms with Crippen molar-refractivity contribution in [3.05, 3.63) is 42.0 Å². The predicted octanol–water partition coefficient (Wildman–Crippen LogP) is 2.80. The van der Waals surface area contributed by atoms with Crippen LogP contribution in [0, 0.1) is 5.82 Å². The summed E-state index contributed by atoms with van der Waals surface area (Å²) in [6, 6.07) is 4.59. The fourth-order valence-electron chi connectivity index (χ4n) is 1.69. The average molecular weight is 255 g/mol. The highest BCUT2D eigenvalue weighted by Gasteiger charge is 2.12. The van der Waals surface area contributed by atoms with E-state index in [-0.39, 0.29) is 5.56 Å². The molecule has 0 fully saturated rings. The van der Waals surface area contributed by atoms with Gasteiger partial charge in [-0.05, 0) is 24.7 Å². The Morgan fingerprint density at radius 2 is 2.17 bits per heavy atom. The van der Waals surface area contributed by atoms with Crippen molar-refractivity contribution in [2.45, 2.75) is 13.1 Å². The minimum absolute atomic E-state index is 0.273. The molecule has 0 bridgehead atoms. The number of benzene rings is 1. The van der Waals surface area contributed by atoms with E-state index in [0.717, 1.165) is 11.8 Å². The maximum Gasteiger partial charge on any atom is 0.333 e. The van der Waals surface area contributed by atoms with Crippen LogP contribution in [0.5, 0.6) is 0 Å². The monoisotopic (exact) mass is 255 g/mol. The Kier molecular flexibility index (Phi) is 3.66. The molecule has 2 aromatic rings. The summed E-state index contributed by atoms with van der Waals surface area (Å²) in [4.78, 5) is 0. The number of nitrogens with zero attached hydrogens (tertiary/aromatic N) is 2. The number of rotatable bonds is 4. The largest absolute Gasteiger partial charge is 0.333 e. The van der Waals surface area contributed by atoms with Crippen LogP contribution in [0.4, 0.5) is 13.2 Å². The molecule has 0 amide bonds. The van der Waals surface area contributed by atoms with Crippen molar-refractivity contribution in [2.75, 3.05) is 7.05 Å². The van der Waals surface area contributed by atoms with E-state index in [1.165, 1.54) is 12.3 Å². The Labute approximate surface area is 102 Å². The van der Waals surface area contributed by atoms with Gasteiger partial charge in [0.1, 0.15) is 5.82 Å². The Morgan fingerprint density at radius 1 is 1.39 bits per heavy atom. The van der Waals surface area contributed by atoms with Crippen molar-refractivity contribution >= 4 is 0 Å². The highest BCUT2D eigenvalue weighted by atomic mass is 19.3. The van der Waals surface area contributed by atoms with Crippen molar-refractivity contribution < 1.29 is 13.2 Å². The minimum atomic E-state index is -2.72. The van der Waals surface area contributed by atoms with Crippen molar-refractivity contribution in [3.8, 4) is 11.1 Å². The SMILES string of the molecule is CNCc1ccc(F)c(-c2cnn(C(F)F)c2)c1. The van der Waals surface area contributed by atoms with Gasteiger partial charge in [-0.1, -0.05) is 6.07 Å². The lowest BCUT2D eigenvalue weighted by Crippen LogP contribution is -2.05. The van der Waals surface area contributed by atoms with Gasteiger partial charge in [-0.25, -0.2) is 9.07 Å². The van der Waals surface area contributed by atoms with Crippen LogP contribution in [0.1, 0.15) is 12.1 Å². The molecule has 0 aliphatic heterocycles. The third-order valence-corrected chi connectivity index (χ3v) is 2.52. The van der Waals surface area contributed by atoms with Gasteiger partial charge in [-0.3, -0.25) is 0 Å². The van der Waals surface area contributed by atoms with Crippen LogP contribution in [-0.4, -0.2) is 16.8 Å². The zero-order chi connectivity index (χ0) is 13.1. The zero-order valence-corrected chi connectivity index (χ0v) is 9.70. The highest BCUT2D eigenvalue weighted by Crippen LogP contribution is 2.25. The summed E-state index contributed by atoms with van der Waals surface area (Å²) >= 11 is 0. The van der Waals surface area contributed by atoms with E-state index in [1.54, 1.807) is 19.2 Å². The van der Waals surface area contributed by atoms with E-state index < -0.39 is 12.4 Å². The van der Waals surface area contributed by atoms with Crippen LogP contribution in [0.3, 0.4) is 0 Å². The second-order valence-electron chi connectivity index (χ2n) is 3.83. The molecule has 0 aliphatic rings. The highest BCUT2D eigenvalue weighted by molar-refractivity contribution is 5.63. The molecule has 0 atom stereocenters. The third-order valence-electron chi connectivity index (χ3n) is 2.52. The predicted molar refractivity (Wildman–Crippen MR) is 61.6 cm³/mol. The van der Waals surface area contributed by atoms with E-state index in [9.17, 15) is 13.2 Å². The quantitative estimate of drug-likeness (QED) is 0.910. The molecule has 6 heteroatoms. The van der Waals surface area contributed by atoms with Gasteiger partial charge < -0.3 is 5.32 Å². The zero-order valence-electron chi connectivity index (χ0n) is 9.70. The number of halogens is 3. The van der Waals surface area contributed by atoms with Crippen LogP contribution in [0.2, 0.25) is 0 Å². The minimum Gasteiger partial charge on any atom is -0.316 e. The molecule has 0 unspecified atom stereocenters. The summed E-state index contributed by atoms with van der Waals surface area (Å²) in [7, 11) is 1.78. The van der Waals surface area contributed by atoms with E-state index in [4.69, 9.17) is 0 Å². The molecule has 0 spiro atoms. The molecule has 1 N–H and O–H groups in total. The van der Waals surface area contributed by atoms with Gasteiger partial charge in [0.15, 0.2) is 0 Å². The molecular weight excluding hydrogens is 243 g/mol. The number of hydrogen-bond donors (Lipinski definition) is 1. The number of hydrogen-bond acceptors (Lipinski definition) is 2. The van der Waals surface area contributed by atoms with Crippen molar-refractivity contribution in [3.63, 3.8) is 0 Å². The Bertz CT molecular complexity index is 537. The van der Waals surface area contributed by atoms with Crippen LogP contribution in [-0.2, 0) is 6.54 Å². The van der Waals surface area contributed by atoms with E-state index in [0.29, 0.717) is 16.8 Å². The van der Waals surface area contributed by atoms with E-state index >= 15 is 0 Å². The Balaban J connectivity index is 2.38. The van der Waals surface area contributed by atoms with Crippen LogP contribution in [0.15, 0.2) is 30.6 Å². The summed E-state index contributed by atoms with van der Waals surface area (Å²) in [6.45, 7) is -2.14. The van der Waals surface area contributed by atoms with Gasteiger partial charge in [0.25, 0.3) is 0 Å². The summed E-state index contributed by atoms with van der Waals surface area (Å²) in [6.07, 6.45) is 2.36. The van der Waals surface area contributed by atoms with E-state index in [2.05, 4.69) is 10.4 Å². The van der Waals surface area contributed by atoms with Crippen LogP contribution >= 0.6 is 0 Å². The second-order valence-corrected chi connectivity index (χ2v) is 3.83. The maximum absolute atomic E-state index is 13.7. The molecule has 1 aromatic carbocycles. The first kappa shape index (κ1) is 12.6. The summed E-state index contributed by atoms with van der Waals surface area (Å²) in [5, 5.41) is 6.44. The lowest BCUT2D eigenvalue weighted by Gasteiger charge is -2.04. The average Bonchev–Trinajstić information content (AvgIpc) is 2.81. The third kappa shape index (κ3) is 2.53. The lowest BCUT2D eigenvalue weighted by atomic mass is 10.1. The molecule has 3 nitrogen and oxygen atoms in total. The summed E-state index contributed by atoms with van der Waals surface area (Å²) in [5.74, 6) is -0.455. The van der Waals surface area contributed by atoms with Crippen molar-refractivity contribution in [1.82, 2.24) is 15.1 Å². The second kappa shape index (κ2) is 5.22. The van der Waals surface area contributed by atoms with Crippen molar-refractivity contribution in [2.24, 2.45) is 0 Å². The standard InChI is InChI=1S/C12H12F3N3/c1-16-5-8-2-3-11(13)10(4-8)9-6-17-18(7-9)12(14)15/h2-4,6-7,12,16H,5H2,1H3. The maximum atomic E-state index is 13.7.